The molecule has 0 atom stereocenters. The minimum atomic E-state index is -0.201. The molecular weight excluding hydrogens is 494 g/mol. The van der Waals surface area contributed by atoms with Crippen LogP contribution >= 0.6 is 24.0 Å². The molecule has 162 valence electrons. The van der Waals surface area contributed by atoms with E-state index in [-0.39, 0.29) is 29.8 Å². The SMILES string of the molecule is C=CCNC(=NCc1ccnc(N2CCN(c3ccc(F)cc3)CC2)c1)NCC.I. The number of piperazine rings is 1. The maximum absolute atomic E-state index is 13.1. The van der Waals surface area contributed by atoms with Crippen LogP contribution in [0.15, 0.2) is 60.2 Å². The van der Waals surface area contributed by atoms with Crippen LogP contribution in [-0.2, 0) is 6.54 Å². The smallest absolute Gasteiger partial charge is 0.191 e. The number of hydrogen-bond donors (Lipinski definition) is 2. The third-order valence-corrected chi connectivity index (χ3v) is 4.78. The van der Waals surface area contributed by atoms with Crippen LogP contribution in [0.4, 0.5) is 15.9 Å². The molecule has 1 saturated heterocycles. The molecule has 1 fully saturated rings. The number of rotatable bonds is 7. The van der Waals surface area contributed by atoms with Gasteiger partial charge in [0.1, 0.15) is 11.6 Å². The summed E-state index contributed by atoms with van der Waals surface area (Å²) in [5.41, 5.74) is 2.18. The first kappa shape index (κ1) is 23.9. The minimum absolute atomic E-state index is 0. The van der Waals surface area contributed by atoms with Gasteiger partial charge in [-0.05, 0) is 48.9 Å². The molecule has 0 bridgehead atoms. The molecular formula is C22H30FIN6. The van der Waals surface area contributed by atoms with Crippen molar-refractivity contribution >= 4 is 41.4 Å². The summed E-state index contributed by atoms with van der Waals surface area (Å²) in [5, 5.41) is 6.43. The van der Waals surface area contributed by atoms with Gasteiger partial charge >= 0.3 is 0 Å². The first-order chi connectivity index (χ1) is 14.2. The van der Waals surface area contributed by atoms with E-state index in [0.29, 0.717) is 13.1 Å². The molecule has 6 nitrogen and oxygen atoms in total. The van der Waals surface area contributed by atoms with Crippen LogP contribution in [0.25, 0.3) is 0 Å². The standard InChI is InChI=1S/C22H29FN6.HI/c1-3-10-26-22(24-4-2)27-17-18-9-11-25-21(16-18)29-14-12-28(13-15-29)20-7-5-19(23)6-8-20;/h3,5-9,11,16H,1,4,10,12-15,17H2,2H3,(H2,24,26,27);1H. The third kappa shape index (κ3) is 6.86. The van der Waals surface area contributed by atoms with Gasteiger partial charge in [-0.15, -0.1) is 30.6 Å². The largest absolute Gasteiger partial charge is 0.368 e. The molecule has 2 N–H and O–H groups in total. The Bertz CT molecular complexity index is 819. The van der Waals surface area contributed by atoms with E-state index in [2.05, 4.69) is 43.1 Å². The summed E-state index contributed by atoms with van der Waals surface area (Å²) in [6, 6.07) is 10.8. The maximum Gasteiger partial charge on any atom is 0.191 e. The highest BCUT2D eigenvalue weighted by Gasteiger charge is 2.18. The zero-order valence-corrected chi connectivity index (χ0v) is 19.7. The van der Waals surface area contributed by atoms with Gasteiger partial charge in [0.05, 0.1) is 6.54 Å². The Balaban J connectivity index is 0.00000320. The molecule has 1 aromatic heterocycles. The molecule has 0 unspecified atom stereocenters. The molecule has 0 spiro atoms. The number of halogens is 2. The van der Waals surface area contributed by atoms with Gasteiger partial charge in [0.25, 0.3) is 0 Å². The van der Waals surface area contributed by atoms with Crippen molar-refractivity contribution in [1.29, 1.82) is 0 Å². The molecule has 1 aliphatic rings. The summed E-state index contributed by atoms with van der Waals surface area (Å²) in [4.78, 5) is 13.7. The van der Waals surface area contributed by atoms with Crippen LogP contribution in [0.5, 0.6) is 0 Å². The summed E-state index contributed by atoms with van der Waals surface area (Å²) in [5.74, 6) is 1.55. The molecule has 2 aromatic rings. The van der Waals surface area contributed by atoms with Crippen molar-refractivity contribution in [2.75, 3.05) is 49.1 Å². The van der Waals surface area contributed by atoms with Crippen molar-refractivity contribution in [3.63, 3.8) is 0 Å². The van der Waals surface area contributed by atoms with E-state index in [1.165, 1.54) is 12.1 Å². The van der Waals surface area contributed by atoms with Crippen molar-refractivity contribution in [2.24, 2.45) is 4.99 Å². The van der Waals surface area contributed by atoms with Gasteiger partial charge in [0.2, 0.25) is 0 Å². The van der Waals surface area contributed by atoms with E-state index >= 15 is 0 Å². The average Bonchev–Trinajstić information content (AvgIpc) is 2.76. The first-order valence-corrected chi connectivity index (χ1v) is 10.0. The van der Waals surface area contributed by atoms with Crippen molar-refractivity contribution in [3.05, 3.63) is 66.6 Å². The number of nitrogens with zero attached hydrogens (tertiary/aromatic N) is 4. The average molecular weight is 524 g/mol. The van der Waals surface area contributed by atoms with E-state index in [4.69, 9.17) is 0 Å². The molecule has 0 radical (unpaired) electrons. The fourth-order valence-electron chi connectivity index (χ4n) is 3.26. The van der Waals surface area contributed by atoms with Gasteiger partial charge < -0.3 is 20.4 Å². The highest BCUT2D eigenvalue weighted by Crippen LogP contribution is 2.20. The summed E-state index contributed by atoms with van der Waals surface area (Å²) in [6.45, 7) is 11.3. The van der Waals surface area contributed by atoms with E-state index in [1.54, 1.807) is 0 Å². The van der Waals surface area contributed by atoms with Gasteiger partial charge in [0.15, 0.2) is 5.96 Å². The van der Waals surface area contributed by atoms with Gasteiger partial charge in [-0.2, -0.15) is 0 Å². The lowest BCUT2D eigenvalue weighted by atomic mass is 10.2. The van der Waals surface area contributed by atoms with Crippen LogP contribution in [0, 0.1) is 5.82 Å². The summed E-state index contributed by atoms with van der Waals surface area (Å²) < 4.78 is 13.1. The van der Waals surface area contributed by atoms with Gasteiger partial charge in [-0.25, -0.2) is 14.4 Å². The Labute approximate surface area is 195 Å². The van der Waals surface area contributed by atoms with Crippen LogP contribution in [0.2, 0.25) is 0 Å². The number of anilines is 2. The minimum Gasteiger partial charge on any atom is -0.368 e. The van der Waals surface area contributed by atoms with Gasteiger partial charge in [-0.3, -0.25) is 0 Å². The van der Waals surface area contributed by atoms with Gasteiger partial charge in [0, 0.05) is 51.2 Å². The molecule has 3 rings (SSSR count). The predicted molar refractivity (Wildman–Crippen MR) is 133 cm³/mol. The van der Waals surface area contributed by atoms with Crippen LogP contribution in [0.1, 0.15) is 12.5 Å². The Morgan fingerprint density at radius 2 is 1.83 bits per heavy atom. The maximum atomic E-state index is 13.1. The number of aromatic nitrogens is 1. The van der Waals surface area contributed by atoms with Crippen molar-refractivity contribution in [3.8, 4) is 0 Å². The normalized spacial score (nSPS) is 14.1. The molecule has 1 aromatic carbocycles. The third-order valence-electron chi connectivity index (χ3n) is 4.78. The summed E-state index contributed by atoms with van der Waals surface area (Å²) in [7, 11) is 0. The number of guanidine groups is 1. The zero-order valence-electron chi connectivity index (χ0n) is 17.4. The Morgan fingerprint density at radius 1 is 1.13 bits per heavy atom. The van der Waals surface area contributed by atoms with Crippen molar-refractivity contribution in [1.82, 2.24) is 15.6 Å². The summed E-state index contributed by atoms with van der Waals surface area (Å²) in [6.07, 6.45) is 3.65. The van der Waals surface area contributed by atoms with Crippen molar-refractivity contribution in [2.45, 2.75) is 13.5 Å². The topological polar surface area (TPSA) is 55.8 Å². The van der Waals surface area contributed by atoms with E-state index in [1.807, 2.05) is 37.4 Å². The second kappa shape index (κ2) is 12.4. The van der Waals surface area contributed by atoms with Crippen molar-refractivity contribution < 1.29 is 4.39 Å². The lowest BCUT2D eigenvalue weighted by molar-refractivity contribution is 0.624. The monoisotopic (exact) mass is 524 g/mol. The quantitative estimate of drug-likeness (QED) is 0.252. The van der Waals surface area contributed by atoms with E-state index < -0.39 is 0 Å². The molecule has 1 aliphatic heterocycles. The predicted octanol–water partition coefficient (Wildman–Crippen LogP) is 3.41. The molecule has 30 heavy (non-hydrogen) atoms. The highest BCUT2D eigenvalue weighted by atomic mass is 127. The number of aliphatic imine (C=N–C) groups is 1. The molecule has 2 heterocycles. The summed E-state index contributed by atoms with van der Waals surface area (Å²) >= 11 is 0. The van der Waals surface area contributed by atoms with Crippen LogP contribution < -0.4 is 20.4 Å². The van der Waals surface area contributed by atoms with E-state index in [0.717, 1.165) is 55.8 Å². The Kier molecular flexibility index (Phi) is 9.85. The fourth-order valence-corrected chi connectivity index (χ4v) is 3.26. The lowest BCUT2D eigenvalue weighted by Crippen LogP contribution is -2.46. The Hall–Kier alpha value is -2.36. The highest BCUT2D eigenvalue weighted by molar-refractivity contribution is 14.0. The first-order valence-electron chi connectivity index (χ1n) is 10.0. The van der Waals surface area contributed by atoms with Crippen LogP contribution in [-0.4, -0.2) is 50.2 Å². The Morgan fingerprint density at radius 3 is 2.50 bits per heavy atom. The zero-order chi connectivity index (χ0) is 20.5. The number of pyridine rings is 1. The van der Waals surface area contributed by atoms with Crippen LogP contribution in [0.3, 0.4) is 0 Å². The number of benzene rings is 1. The lowest BCUT2D eigenvalue weighted by Gasteiger charge is -2.36. The fraction of sp³-hybridized carbons (Fsp3) is 0.364. The molecule has 0 aliphatic carbocycles. The second-order valence-corrected chi connectivity index (χ2v) is 6.84. The molecule has 8 heteroatoms. The molecule has 0 saturated carbocycles. The second-order valence-electron chi connectivity index (χ2n) is 6.84. The number of hydrogen-bond acceptors (Lipinski definition) is 4. The van der Waals surface area contributed by atoms with Gasteiger partial charge in [-0.1, -0.05) is 6.08 Å². The molecule has 0 amide bonds. The van der Waals surface area contributed by atoms with E-state index in [9.17, 15) is 4.39 Å². The number of nitrogens with one attached hydrogen (secondary N) is 2.